The molecule has 5 nitrogen and oxygen atoms in total. The zero-order valence-corrected chi connectivity index (χ0v) is 13.1. The Bertz CT molecular complexity index is 900. The van der Waals surface area contributed by atoms with Crippen molar-refractivity contribution in [1.29, 1.82) is 0 Å². The van der Waals surface area contributed by atoms with Gasteiger partial charge in [-0.3, -0.25) is 0 Å². The smallest absolute Gasteiger partial charge is 0.219 e. The van der Waals surface area contributed by atoms with Crippen LogP contribution in [0.3, 0.4) is 0 Å². The minimum Gasteiger partial charge on any atom is -0.493 e. The van der Waals surface area contributed by atoms with E-state index in [4.69, 9.17) is 11.6 Å². The zero-order valence-electron chi connectivity index (χ0n) is 11.5. The fourth-order valence-corrected chi connectivity index (χ4v) is 4.25. The third-order valence-electron chi connectivity index (χ3n) is 4.21. The normalized spacial score (nSPS) is 14.2. The maximum Gasteiger partial charge on any atom is 0.219 e. The van der Waals surface area contributed by atoms with Crippen molar-refractivity contribution in [2.75, 3.05) is 0 Å². The highest BCUT2D eigenvalue weighted by molar-refractivity contribution is 7.18. The number of halogens is 1. The topological polar surface area (TPSA) is 78.3 Å². The molecule has 7 heteroatoms. The number of thiazole rings is 1. The molecule has 0 radical (unpaired) electrons. The lowest BCUT2D eigenvalue weighted by molar-refractivity contribution is 0.460. The van der Waals surface area contributed by atoms with Gasteiger partial charge in [0.25, 0.3) is 0 Å². The number of aromatic nitrogens is 2. The van der Waals surface area contributed by atoms with Gasteiger partial charge >= 0.3 is 0 Å². The molecule has 0 spiro atoms. The number of H-pyrrole nitrogens is 1. The number of nitrogens with one attached hydrogen (secondary N) is 1. The van der Waals surface area contributed by atoms with Gasteiger partial charge in [0.1, 0.15) is 0 Å². The van der Waals surface area contributed by atoms with Crippen LogP contribution in [-0.2, 0) is 12.8 Å². The minimum absolute atomic E-state index is 0.0697. The standard InChI is InChI=1S/C15H12ClN3O2S/c16-15-17-6-11(22-15)9-5-10-12(18-14(20)13(10)19-21)8-4-2-1-3-7(8)9/h5-6,18,20H,1-4H2. The summed E-state index contributed by atoms with van der Waals surface area (Å²) in [4.78, 5) is 19.1. The first kappa shape index (κ1) is 13.7. The molecule has 0 bridgehead atoms. The highest BCUT2D eigenvalue weighted by Gasteiger charge is 2.23. The number of nitrogens with zero attached hydrogens (tertiary/aromatic N) is 2. The van der Waals surface area contributed by atoms with E-state index in [1.54, 1.807) is 6.20 Å². The Morgan fingerprint density at radius 1 is 1.32 bits per heavy atom. The number of fused-ring (bicyclic) bond motifs is 3. The fourth-order valence-electron chi connectivity index (χ4n) is 3.27. The predicted molar refractivity (Wildman–Crippen MR) is 88.2 cm³/mol. The summed E-state index contributed by atoms with van der Waals surface area (Å²) in [6.07, 6.45) is 5.87. The SMILES string of the molecule is O=Nc1c(O)[nH]c2c3c(c(-c4cnc(Cl)s4)cc12)CCCC3. The monoisotopic (exact) mass is 333 g/mol. The van der Waals surface area contributed by atoms with Gasteiger partial charge in [0.2, 0.25) is 5.88 Å². The van der Waals surface area contributed by atoms with Gasteiger partial charge in [-0.25, -0.2) is 4.98 Å². The molecule has 2 N–H and O–H groups in total. The van der Waals surface area contributed by atoms with Crippen LogP contribution in [0.5, 0.6) is 5.88 Å². The summed E-state index contributed by atoms with van der Waals surface area (Å²) in [7, 11) is 0. The highest BCUT2D eigenvalue weighted by atomic mass is 35.5. The third-order valence-corrected chi connectivity index (χ3v) is 5.36. The average molecular weight is 334 g/mol. The Hall–Kier alpha value is -1.92. The van der Waals surface area contributed by atoms with Crippen molar-refractivity contribution in [2.24, 2.45) is 5.18 Å². The molecule has 1 aromatic carbocycles. The Morgan fingerprint density at radius 3 is 2.77 bits per heavy atom. The van der Waals surface area contributed by atoms with Crippen LogP contribution >= 0.6 is 22.9 Å². The number of aromatic hydroxyl groups is 1. The van der Waals surface area contributed by atoms with Crippen LogP contribution in [0, 0.1) is 4.91 Å². The van der Waals surface area contributed by atoms with Gasteiger partial charge < -0.3 is 10.1 Å². The number of rotatable bonds is 2. The van der Waals surface area contributed by atoms with Crippen molar-refractivity contribution >= 4 is 39.5 Å². The minimum atomic E-state index is -0.169. The molecule has 2 heterocycles. The lowest BCUT2D eigenvalue weighted by Crippen LogP contribution is -2.05. The van der Waals surface area contributed by atoms with Gasteiger partial charge in [0, 0.05) is 11.6 Å². The Morgan fingerprint density at radius 2 is 2.09 bits per heavy atom. The van der Waals surface area contributed by atoms with E-state index in [-0.39, 0.29) is 11.6 Å². The number of nitroso groups, excluding NO2 is 1. The van der Waals surface area contributed by atoms with Gasteiger partial charge in [-0.15, -0.1) is 16.2 Å². The zero-order chi connectivity index (χ0) is 15.3. The van der Waals surface area contributed by atoms with Gasteiger partial charge in [-0.05, 0) is 53.6 Å². The second-order valence-electron chi connectivity index (χ2n) is 5.40. The molecule has 0 saturated heterocycles. The van der Waals surface area contributed by atoms with Crippen LogP contribution < -0.4 is 0 Å². The van der Waals surface area contributed by atoms with Crippen LogP contribution in [0.25, 0.3) is 21.3 Å². The van der Waals surface area contributed by atoms with Crippen molar-refractivity contribution in [1.82, 2.24) is 9.97 Å². The Balaban J connectivity index is 2.09. The maximum absolute atomic E-state index is 11.1. The molecule has 0 aliphatic heterocycles. The van der Waals surface area contributed by atoms with E-state index < -0.39 is 0 Å². The molecule has 0 atom stereocenters. The van der Waals surface area contributed by atoms with E-state index in [0.29, 0.717) is 9.85 Å². The average Bonchev–Trinajstić information content (AvgIpc) is 3.09. The van der Waals surface area contributed by atoms with Crippen molar-refractivity contribution in [3.63, 3.8) is 0 Å². The molecule has 1 aliphatic carbocycles. The van der Waals surface area contributed by atoms with Crippen LogP contribution in [0.1, 0.15) is 24.0 Å². The van der Waals surface area contributed by atoms with Crippen LogP contribution in [0.2, 0.25) is 4.47 Å². The summed E-state index contributed by atoms with van der Waals surface area (Å²) in [5.41, 5.74) is 4.34. The summed E-state index contributed by atoms with van der Waals surface area (Å²) >= 11 is 7.38. The van der Waals surface area contributed by atoms with Gasteiger partial charge in [0.15, 0.2) is 10.2 Å². The van der Waals surface area contributed by atoms with E-state index in [9.17, 15) is 10.0 Å². The van der Waals surface area contributed by atoms with Crippen molar-refractivity contribution in [3.05, 3.63) is 32.8 Å². The number of hydrogen-bond acceptors (Lipinski definition) is 5. The van der Waals surface area contributed by atoms with E-state index in [0.717, 1.165) is 47.2 Å². The van der Waals surface area contributed by atoms with Crippen LogP contribution in [-0.4, -0.2) is 15.1 Å². The molecule has 0 unspecified atom stereocenters. The van der Waals surface area contributed by atoms with E-state index >= 15 is 0 Å². The van der Waals surface area contributed by atoms with Crippen LogP contribution in [0.15, 0.2) is 17.4 Å². The molecule has 2 aromatic heterocycles. The summed E-state index contributed by atoms with van der Waals surface area (Å²) in [6, 6.07) is 1.91. The molecular formula is C15H12ClN3O2S. The number of hydrogen-bond donors (Lipinski definition) is 2. The number of benzene rings is 1. The van der Waals surface area contributed by atoms with Crippen molar-refractivity contribution < 1.29 is 5.11 Å². The van der Waals surface area contributed by atoms with E-state index in [1.165, 1.54) is 16.9 Å². The molecular weight excluding hydrogens is 322 g/mol. The first-order valence-electron chi connectivity index (χ1n) is 7.03. The lowest BCUT2D eigenvalue weighted by atomic mass is 9.86. The number of aryl methyl sites for hydroxylation is 1. The third kappa shape index (κ3) is 1.94. The summed E-state index contributed by atoms with van der Waals surface area (Å²) in [6.45, 7) is 0. The largest absolute Gasteiger partial charge is 0.493 e. The van der Waals surface area contributed by atoms with E-state index in [2.05, 4.69) is 15.1 Å². The maximum atomic E-state index is 11.1. The van der Waals surface area contributed by atoms with Crippen molar-refractivity contribution in [2.45, 2.75) is 25.7 Å². The lowest BCUT2D eigenvalue weighted by Gasteiger charge is -2.20. The summed E-state index contributed by atoms with van der Waals surface area (Å²) in [5.74, 6) is -0.169. The summed E-state index contributed by atoms with van der Waals surface area (Å²) < 4.78 is 0.491. The second-order valence-corrected chi connectivity index (χ2v) is 7.01. The number of aromatic amines is 1. The van der Waals surface area contributed by atoms with Gasteiger partial charge in [-0.2, -0.15) is 0 Å². The second kappa shape index (κ2) is 5.07. The molecule has 0 saturated carbocycles. The molecule has 0 fully saturated rings. The fraction of sp³-hybridized carbons (Fsp3) is 0.267. The van der Waals surface area contributed by atoms with E-state index in [1.807, 2.05) is 6.07 Å². The first-order chi connectivity index (χ1) is 10.7. The Kier molecular flexibility index (Phi) is 3.16. The molecule has 3 aromatic rings. The molecule has 1 aliphatic rings. The first-order valence-corrected chi connectivity index (χ1v) is 8.23. The highest BCUT2D eigenvalue weighted by Crippen LogP contribution is 2.44. The van der Waals surface area contributed by atoms with Gasteiger partial charge in [0.05, 0.1) is 10.4 Å². The van der Waals surface area contributed by atoms with Gasteiger partial charge in [-0.1, -0.05) is 11.6 Å². The van der Waals surface area contributed by atoms with Crippen LogP contribution in [0.4, 0.5) is 5.69 Å². The summed E-state index contributed by atoms with van der Waals surface area (Å²) in [5, 5.41) is 13.6. The van der Waals surface area contributed by atoms with Crippen molar-refractivity contribution in [3.8, 4) is 16.3 Å². The molecule has 0 amide bonds. The Labute approximate surface area is 134 Å². The molecule has 4 rings (SSSR count). The quantitative estimate of drug-likeness (QED) is 0.653. The molecule has 112 valence electrons. The molecule has 22 heavy (non-hydrogen) atoms. The predicted octanol–water partition coefficient (Wildman–Crippen LogP) is 4.93.